The van der Waals surface area contributed by atoms with E-state index >= 15 is 0 Å². The number of thioether (sulfide) groups is 1. The quantitative estimate of drug-likeness (QED) is 0.503. The molecule has 7 nitrogen and oxygen atoms in total. The number of carbonyl (C=O) groups is 1. The van der Waals surface area contributed by atoms with Crippen LogP contribution in [0.3, 0.4) is 0 Å². The third kappa shape index (κ3) is 5.02. The maximum atomic E-state index is 12.7. The Bertz CT molecular complexity index is 1060. The van der Waals surface area contributed by atoms with Gasteiger partial charge in [-0.05, 0) is 37.0 Å². The van der Waals surface area contributed by atoms with Gasteiger partial charge in [-0.15, -0.1) is 10.2 Å². The minimum Gasteiger partial charge on any atom is -0.493 e. The Morgan fingerprint density at radius 3 is 2.52 bits per heavy atom. The molecule has 0 aliphatic heterocycles. The van der Waals surface area contributed by atoms with Gasteiger partial charge in [0, 0.05) is 17.7 Å². The Kier molecular flexibility index (Phi) is 6.46. The molecule has 1 aliphatic carbocycles. The highest BCUT2D eigenvalue weighted by Crippen LogP contribution is 2.40. The van der Waals surface area contributed by atoms with E-state index in [1.54, 1.807) is 20.3 Å². The number of nitrogens with one attached hydrogen (secondary N) is 1. The van der Waals surface area contributed by atoms with E-state index in [9.17, 15) is 4.79 Å². The van der Waals surface area contributed by atoms with Crippen LogP contribution in [0.1, 0.15) is 35.7 Å². The molecular formula is C23H26N4O3S. The highest BCUT2D eigenvalue weighted by molar-refractivity contribution is 7.99. The summed E-state index contributed by atoms with van der Waals surface area (Å²) < 4.78 is 12.8. The Morgan fingerprint density at radius 1 is 1.13 bits per heavy atom. The molecule has 0 radical (unpaired) electrons. The molecule has 0 bridgehead atoms. The molecule has 8 heteroatoms. The van der Waals surface area contributed by atoms with Crippen molar-refractivity contribution >= 4 is 23.4 Å². The van der Waals surface area contributed by atoms with Crippen LogP contribution in [0.5, 0.6) is 11.5 Å². The molecule has 1 fully saturated rings. The van der Waals surface area contributed by atoms with Crippen LogP contribution >= 0.6 is 11.8 Å². The van der Waals surface area contributed by atoms with Gasteiger partial charge in [0.05, 0.1) is 26.5 Å². The summed E-state index contributed by atoms with van der Waals surface area (Å²) in [4.78, 5) is 12.7. The van der Waals surface area contributed by atoms with Crippen molar-refractivity contribution in [3.05, 3.63) is 59.4 Å². The van der Waals surface area contributed by atoms with Crippen LogP contribution in [0.2, 0.25) is 0 Å². The first-order valence-electron chi connectivity index (χ1n) is 10.2. The standard InChI is InChI=1S/C23H26N4O3S/c1-15-11-19(29-2)20(30-3)12-18(15)24-21(28)14-31-23-26-25-22(17-9-10-17)27(23)13-16-7-5-4-6-8-16/h4-8,11-12,17H,9-10,13-14H2,1-3H3,(H,24,28). The number of anilines is 1. The highest BCUT2D eigenvalue weighted by Gasteiger charge is 2.30. The largest absolute Gasteiger partial charge is 0.493 e. The lowest BCUT2D eigenvalue weighted by Gasteiger charge is -2.14. The number of nitrogens with zero attached hydrogens (tertiary/aromatic N) is 3. The van der Waals surface area contributed by atoms with Gasteiger partial charge in [-0.25, -0.2) is 0 Å². The van der Waals surface area contributed by atoms with Crippen LogP contribution in [0.4, 0.5) is 5.69 Å². The smallest absolute Gasteiger partial charge is 0.234 e. The number of methoxy groups -OCH3 is 2. The van der Waals surface area contributed by atoms with Gasteiger partial charge in [-0.3, -0.25) is 4.79 Å². The molecule has 162 valence electrons. The van der Waals surface area contributed by atoms with Crippen molar-refractivity contribution < 1.29 is 14.3 Å². The third-order valence-electron chi connectivity index (χ3n) is 5.21. The highest BCUT2D eigenvalue weighted by atomic mass is 32.2. The normalized spacial score (nSPS) is 13.1. The van der Waals surface area contributed by atoms with E-state index in [1.807, 2.05) is 31.2 Å². The fraction of sp³-hybridized carbons (Fsp3) is 0.348. The van der Waals surface area contributed by atoms with Gasteiger partial charge >= 0.3 is 0 Å². The van der Waals surface area contributed by atoms with E-state index in [4.69, 9.17) is 9.47 Å². The van der Waals surface area contributed by atoms with Gasteiger partial charge < -0.3 is 19.4 Å². The Hall–Kier alpha value is -3.00. The van der Waals surface area contributed by atoms with E-state index in [1.165, 1.54) is 17.3 Å². The number of carbonyl (C=O) groups excluding carboxylic acids is 1. The molecule has 1 aliphatic rings. The van der Waals surface area contributed by atoms with Crippen LogP contribution in [0, 0.1) is 6.92 Å². The van der Waals surface area contributed by atoms with E-state index in [2.05, 4.69) is 32.2 Å². The summed E-state index contributed by atoms with van der Waals surface area (Å²) in [5.41, 5.74) is 2.79. The van der Waals surface area contributed by atoms with Crippen LogP contribution in [-0.2, 0) is 11.3 Å². The number of aromatic nitrogens is 3. The molecule has 2 aromatic carbocycles. The van der Waals surface area contributed by atoms with E-state index in [-0.39, 0.29) is 11.7 Å². The Morgan fingerprint density at radius 2 is 1.84 bits per heavy atom. The Balaban J connectivity index is 1.45. The molecule has 1 aromatic heterocycles. The minimum atomic E-state index is -0.109. The van der Waals surface area contributed by atoms with Gasteiger partial charge in [0.15, 0.2) is 16.7 Å². The topological polar surface area (TPSA) is 78.3 Å². The lowest BCUT2D eigenvalue weighted by molar-refractivity contribution is -0.113. The minimum absolute atomic E-state index is 0.109. The summed E-state index contributed by atoms with van der Waals surface area (Å²) >= 11 is 1.40. The fourth-order valence-corrected chi connectivity index (χ4v) is 4.14. The molecule has 1 heterocycles. The Labute approximate surface area is 186 Å². The number of benzene rings is 2. The monoisotopic (exact) mass is 438 g/mol. The zero-order valence-electron chi connectivity index (χ0n) is 17.9. The van der Waals surface area contributed by atoms with Gasteiger partial charge in [-0.2, -0.15) is 0 Å². The number of aryl methyl sites for hydroxylation is 1. The van der Waals surface area contributed by atoms with Crippen molar-refractivity contribution in [2.75, 3.05) is 25.3 Å². The summed E-state index contributed by atoms with van der Waals surface area (Å²) in [6.45, 7) is 2.63. The molecule has 0 spiro atoms. The van der Waals surface area contributed by atoms with Crippen LogP contribution in [0.25, 0.3) is 0 Å². The average molecular weight is 439 g/mol. The first kappa shape index (κ1) is 21.2. The maximum absolute atomic E-state index is 12.7. The van der Waals surface area contributed by atoms with Crippen LogP contribution in [-0.4, -0.2) is 40.6 Å². The average Bonchev–Trinajstić information content (AvgIpc) is 3.55. The molecule has 31 heavy (non-hydrogen) atoms. The van der Waals surface area contributed by atoms with Gasteiger partial charge in [0.25, 0.3) is 0 Å². The maximum Gasteiger partial charge on any atom is 0.234 e. The number of rotatable bonds is 9. The SMILES string of the molecule is COc1cc(C)c(NC(=O)CSc2nnc(C3CC3)n2Cc2ccccc2)cc1OC. The lowest BCUT2D eigenvalue weighted by atomic mass is 10.1. The van der Waals surface area contributed by atoms with Gasteiger partial charge in [0.1, 0.15) is 5.82 Å². The molecule has 0 unspecified atom stereocenters. The summed E-state index contributed by atoms with van der Waals surface area (Å²) in [6.07, 6.45) is 2.30. The second-order valence-corrected chi connectivity index (χ2v) is 8.49. The molecule has 1 amide bonds. The summed E-state index contributed by atoms with van der Waals surface area (Å²) in [5, 5.41) is 12.5. The van der Waals surface area contributed by atoms with Crippen molar-refractivity contribution in [3.63, 3.8) is 0 Å². The molecule has 0 saturated heterocycles. The van der Waals surface area contributed by atoms with Crippen molar-refractivity contribution in [2.24, 2.45) is 0 Å². The van der Waals surface area contributed by atoms with Crippen molar-refractivity contribution in [1.29, 1.82) is 0 Å². The molecule has 1 saturated carbocycles. The second-order valence-electron chi connectivity index (χ2n) is 7.55. The molecule has 0 atom stereocenters. The molecule has 3 aromatic rings. The van der Waals surface area contributed by atoms with E-state index < -0.39 is 0 Å². The summed E-state index contributed by atoms with van der Waals surface area (Å²) in [7, 11) is 3.17. The molecule has 1 N–H and O–H groups in total. The van der Waals surface area contributed by atoms with Crippen LogP contribution < -0.4 is 14.8 Å². The third-order valence-corrected chi connectivity index (χ3v) is 6.18. The number of ether oxygens (including phenoxy) is 2. The fourth-order valence-electron chi connectivity index (χ4n) is 3.40. The first-order chi connectivity index (χ1) is 15.1. The van der Waals surface area contributed by atoms with E-state index in [0.717, 1.165) is 29.4 Å². The number of hydrogen-bond donors (Lipinski definition) is 1. The van der Waals surface area contributed by atoms with Gasteiger partial charge in [-0.1, -0.05) is 42.1 Å². The lowest BCUT2D eigenvalue weighted by Crippen LogP contribution is -2.16. The van der Waals surface area contributed by atoms with Crippen molar-refractivity contribution in [2.45, 2.75) is 37.4 Å². The zero-order valence-corrected chi connectivity index (χ0v) is 18.7. The molecule has 4 rings (SSSR count). The molecular weight excluding hydrogens is 412 g/mol. The summed E-state index contributed by atoms with van der Waals surface area (Å²) in [5.74, 6) is 2.84. The van der Waals surface area contributed by atoms with Crippen molar-refractivity contribution in [1.82, 2.24) is 14.8 Å². The zero-order chi connectivity index (χ0) is 21.8. The summed E-state index contributed by atoms with van der Waals surface area (Å²) in [6, 6.07) is 13.9. The van der Waals surface area contributed by atoms with Gasteiger partial charge in [0.2, 0.25) is 5.91 Å². The number of hydrogen-bond acceptors (Lipinski definition) is 6. The van der Waals surface area contributed by atoms with Crippen LogP contribution in [0.15, 0.2) is 47.6 Å². The van der Waals surface area contributed by atoms with E-state index in [0.29, 0.717) is 29.6 Å². The second kappa shape index (κ2) is 9.43. The van der Waals surface area contributed by atoms with Crippen molar-refractivity contribution in [3.8, 4) is 11.5 Å². The predicted octanol–water partition coefficient (Wildman–Crippen LogP) is 4.26. The number of amides is 1. The first-order valence-corrected chi connectivity index (χ1v) is 11.2. The predicted molar refractivity (Wildman–Crippen MR) is 121 cm³/mol.